The molecule has 0 saturated carbocycles. The molecule has 0 fully saturated rings. The van der Waals surface area contributed by atoms with Gasteiger partial charge in [0.25, 0.3) is 0 Å². The molecule has 0 spiro atoms. The van der Waals surface area contributed by atoms with Crippen molar-refractivity contribution < 1.29 is 14.0 Å². The highest BCUT2D eigenvalue weighted by Crippen LogP contribution is 2.29. The number of benzene rings is 2. The third kappa shape index (κ3) is 6.70. The lowest BCUT2D eigenvalue weighted by Crippen LogP contribution is -2.18. The van der Waals surface area contributed by atoms with Crippen LogP contribution in [0.15, 0.2) is 54.2 Å². The minimum absolute atomic E-state index is 0.00852. The van der Waals surface area contributed by atoms with Gasteiger partial charge in [0.2, 0.25) is 11.8 Å². The minimum atomic E-state index is -0.573. The number of nitrogens with one attached hydrogen (secondary N) is 2. The van der Waals surface area contributed by atoms with E-state index in [0.29, 0.717) is 33.9 Å². The molecule has 3 aromatic rings. The number of amides is 2. The van der Waals surface area contributed by atoms with Crippen molar-refractivity contribution in [3.63, 3.8) is 0 Å². The molecule has 2 aromatic carbocycles. The van der Waals surface area contributed by atoms with Crippen molar-refractivity contribution in [2.24, 2.45) is 0 Å². The number of carbonyl (C=O) groups is 2. The van der Waals surface area contributed by atoms with E-state index in [0.717, 1.165) is 11.8 Å². The molecule has 0 unspecified atom stereocenters. The Balaban J connectivity index is 1.64. The summed E-state index contributed by atoms with van der Waals surface area (Å²) in [6.07, 6.45) is 1.55. The fraction of sp³-hybridized carbons (Fsp3) is 0.143. The first-order valence-corrected chi connectivity index (χ1v) is 11.5. The van der Waals surface area contributed by atoms with Gasteiger partial charge in [-0.3, -0.25) is 9.59 Å². The Labute approximate surface area is 208 Å². The van der Waals surface area contributed by atoms with Crippen LogP contribution in [-0.4, -0.2) is 32.3 Å². The van der Waals surface area contributed by atoms with E-state index in [1.54, 1.807) is 28.8 Å². The number of hydrogen-bond acceptors (Lipinski definition) is 5. The van der Waals surface area contributed by atoms with Gasteiger partial charge in [-0.25, -0.2) is 4.39 Å². The number of thioether (sulfide) groups is 1. The summed E-state index contributed by atoms with van der Waals surface area (Å²) in [5.41, 5.74) is 0.757. The largest absolute Gasteiger partial charge is 0.325 e. The van der Waals surface area contributed by atoms with Gasteiger partial charge in [-0.05, 0) is 30.3 Å². The molecule has 12 heteroatoms. The molecule has 1 heterocycles. The van der Waals surface area contributed by atoms with Crippen LogP contribution in [0.3, 0.4) is 0 Å². The molecule has 0 aliphatic carbocycles. The quantitative estimate of drug-likeness (QED) is 0.284. The second-order valence-electron chi connectivity index (χ2n) is 6.59. The summed E-state index contributed by atoms with van der Waals surface area (Å²) in [6, 6.07) is 8.82. The lowest BCUT2D eigenvalue weighted by atomic mass is 10.3. The van der Waals surface area contributed by atoms with Crippen molar-refractivity contribution in [2.45, 2.75) is 18.1 Å². The van der Waals surface area contributed by atoms with Gasteiger partial charge >= 0.3 is 0 Å². The Morgan fingerprint density at radius 3 is 2.61 bits per heavy atom. The van der Waals surface area contributed by atoms with Crippen LogP contribution in [0.2, 0.25) is 15.1 Å². The number of allylic oxidation sites excluding steroid dienone is 1. The van der Waals surface area contributed by atoms with E-state index in [-0.39, 0.29) is 34.0 Å². The monoisotopic (exact) mass is 527 g/mol. The van der Waals surface area contributed by atoms with Gasteiger partial charge in [0.1, 0.15) is 11.6 Å². The summed E-state index contributed by atoms with van der Waals surface area (Å²) in [4.78, 5) is 24.8. The van der Waals surface area contributed by atoms with Crippen LogP contribution in [0.25, 0.3) is 0 Å². The topological polar surface area (TPSA) is 88.9 Å². The summed E-state index contributed by atoms with van der Waals surface area (Å²) >= 11 is 18.9. The van der Waals surface area contributed by atoms with E-state index in [1.165, 1.54) is 18.2 Å². The second-order valence-corrected chi connectivity index (χ2v) is 8.73. The van der Waals surface area contributed by atoms with Crippen LogP contribution in [0.1, 0.15) is 5.82 Å². The van der Waals surface area contributed by atoms with Crippen molar-refractivity contribution in [2.75, 3.05) is 16.4 Å². The Hall–Kier alpha value is -2.59. The molecule has 0 saturated heterocycles. The SMILES string of the molecule is C=CCn1c(CC(=O)Nc2cccc(Cl)c2Cl)nnc1SCC(=O)Nc1ccc(F)c(Cl)c1. The molecule has 0 bridgehead atoms. The van der Waals surface area contributed by atoms with E-state index in [1.807, 2.05) is 0 Å². The molecule has 172 valence electrons. The zero-order chi connectivity index (χ0) is 24.0. The second kappa shape index (κ2) is 11.5. The first kappa shape index (κ1) is 25.0. The van der Waals surface area contributed by atoms with Crippen molar-refractivity contribution in [1.82, 2.24) is 14.8 Å². The molecule has 0 atom stereocenters. The third-order valence-corrected chi connectivity index (χ3v) is 6.26. The highest BCUT2D eigenvalue weighted by molar-refractivity contribution is 7.99. The molecule has 1 aromatic heterocycles. The Morgan fingerprint density at radius 1 is 1.09 bits per heavy atom. The van der Waals surface area contributed by atoms with E-state index >= 15 is 0 Å². The van der Waals surface area contributed by atoms with Crippen molar-refractivity contribution in [3.8, 4) is 0 Å². The molecule has 0 aliphatic heterocycles. The van der Waals surface area contributed by atoms with E-state index < -0.39 is 5.82 Å². The standard InChI is InChI=1S/C21H17Cl3FN5O2S/c1-2-8-30-17(10-18(31)27-16-5-3-4-13(22)20(16)24)28-29-21(30)33-11-19(32)26-12-6-7-15(25)14(23)9-12/h2-7,9H,1,8,10-11H2,(H,26,32)(H,27,31). The zero-order valence-electron chi connectivity index (χ0n) is 16.9. The van der Waals surface area contributed by atoms with E-state index in [9.17, 15) is 14.0 Å². The van der Waals surface area contributed by atoms with Gasteiger partial charge < -0.3 is 15.2 Å². The number of carbonyl (C=O) groups excluding carboxylic acids is 2. The first-order chi connectivity index (χ1) is 15.8. The van der Waals surface area contributed by atoms with Gasteiger partial charge in [-0.1, -0.05) is 58.7 Å². The maximum Gasteiger partial charge on any atom is 0.234 e. The molecule has 2 N–H and O–H groups in total. The van der Waals surface area contributed by atoms with Gasteiger partial charge in [0, 0.05) is 12.2 Å². The molecular formula is C21H17Cl3FN5O2S. The molecule has 33 heavy (non-hydrogen) atoms. The lowest BCUT2D eigenvalue weighted by Gasteiger charge is -2.10. The highest BCUT2D eigenvalue weighted by Gasteiger charge is 2.17. The molecule has 3 rings (SSSR count). The molecule has 0 aliphatic rings. The van der Waals surface area contributed by atoms with E-state index in [2.05, 4.69) is 27.4 Å². The number of aromatic nitrogens is 3. The maximum atomic E-state index is 13.3. The number of nitrogens with zero attached hydrogens (tertiary/aromatic N) is 3. The average molecular weight is 529 g/mol. The Kier molecular flexibility index (Phi) is 8.74. The van der Waals surface area contributed by atoms with Crippen LogP contribution in [-0.2, 0) is 22.6 Å². The Morgan fingerprint density at radius 2 is 1.88 bits per heavy atom. The van der Waals surface area contributed by atoms with Gasteiger partial charge in [-0.2, -0.15) is 0 Å². The molecule has 2 amide bonds. The number of anilines is 2. The van der Waals surface area contributed by atoms with Crippen molar-refractivity contribution in [3.05, 3.63) is 75.8 Å². The van der Waals surface area contributed by atoms with Gasteiger partial charge in [0.15, 0.2) is 5.16 Å². The molecule has 7 nitrogen and oxygen atoms in total. The fourth-order valence-electron chi connectivity index (χ4n) is 2.71. The predicted octanol–water partition coefficient (Wildman–Crippen LogP) is 5.48. The smallest absolute Gasteiger partial charge is 0.234 e. The van der Waals surface area contributed by atoms with Crippen molar-refractivity contribution >= 4 is 69.8 Å². The summed E-state index contributed by atoms with van der Waals surface area (Å²) in [5, 5.41) is 14.4. The van der Waals surface area contributed by atoms with Crippen LogP contribution in [0.4, 0.5) is 15.8 Å². The minimum Gasteiger partial charge on any atom is -0.325 e. The Bertz CT molecular complexity index is 1200. The predicted molar refractivity (Wildman–Crippen MR) is 130 cm³/mol. The van der Waals surface area contributed by atoms with E-state index in [4.69, 9.17) is 34.8 Å². The average Bonchev–Trinajstić information content (AvgIpc) is 3.14. The van der Waals surface area contributed by atoms with Crippen LogP contribution in [0.5, 0.6) is 0 Å². The molecular weight excluding hydrogens is 512 g/mol. The number of halogens is 4. The zero-order valence-corrected chi connectivity index (χ0v) is 20.0. The molecule has 0 radical (unpaired) electrons. The first-order valence-electron chi connectivity index (χ1n) is 9.43. The van der Waals surface area contributed by atoms with Crippen LogP contribution < -0.4 is 10.6 Å². The normalized spacial score (nSPS) is 10.7. The van der Waals surface area contributed by atoms with Crippen LogP contribution >= 0.6 is 46.6 Å². The van der Waals surface area contributed by atoms with Gasteiger partial charge in [0.05, 0.1) is 32.9 Å². The maximum absolute atomic E-state index is 13.3. The summed E-state index contributed by atoms with van der Waals surface area (Å²) in [7, 11) is 0. The summed E-state index contributed by atoms with van der Waals surface area (Å²) in [6.45, 7) is 4.05. The lowest BCUT2D eigenvalue weighted by molar-refractivity contribution is -0.116. The summed E-state index contributed by atoms with van der Waals surface area (Å²) < 4.78 is 14.9. The number of rotatable bonds is 9. The summed E-state index contributed by atoms with van der Waals surface area (Å²) in [5.74, 6) is -0.881. The van der Waals surface area contributed by atoms with Crippen LogP contribution in [0, 0.1) is 5.82 Å². The highest BCUT2D eigenvalue weighted by atomic mass is 35.5. The van der Waals surface area contributed by atoms with Gasteiger partial charge in [-0.15, -0.1) is 16.8 Å². The fourth-order valence-corrected chi connectivity index (χ4v) is 4.00. The van der Waals surface area contributed by atoms with Crippen molar-refractivity contribution in [1.29, 1.82) is 0 Å². The third-order valence-electron chi connectivity index (χ3n) is 4.19. The number of hydrogen-bond donors (Lipinski definition) is 2.